The lowest BCUT2D eigenvalue weighted by atomic mass is 9.97. The van der Waals surface area contributed by atoms with Gasteiger partial charge < -0.3 is 24.7 Å². The van der Waals surface area contributed by atoms with Gasteiger partial charge in [-0.15, -0.1) is 69.6 Å². The number of unbranched alkanes of at least 4 members (excludes halogenated alkanes) is 1. The molecule has 2 fully saturated rings. The van der Waals surface area contributed by atoms with E-state index >= 15 is 0 Å². The first kappa shape index (κ1) is 28.8. The SMILES string of the molecule is CCCC[SiH]1O[SiH2]O[SiH2]O[SiH2]O[SiH2]O[SiH2]O1.Cl[C@H]1[C@H](Cl)[C@@H](Cl)[C@@H](Cl)[C@H](Cl)[C@H]1Cl. The maximum absolute atomic E-state index is 5.88. The fourth-order valence-electron chi connectivity index (χ4n) is 2.20. The minimum absolute atomic E-state index is 0.437. The molecule has 0 aromatic rings. The number of alkyl halides is 6. The van der Waals surface area contributed by atoms with Crippen molar-refractivity contribution in [2.45, 2.75) is 58.1 Å². The standard InChI is InChI=1S/C6H6Cl6.C4H20O6Si6/c7-1-2(8)4(10)6(12)5(11)3(1)9;1-2-3-4-16-9-14-7-12-5-11-6-13-8-15-10-16/h1-6H;16H,2-4,11-15H2,1H3/t1-,2-,3-,4+,5+,6+;. The Morgan fingerprint density at radius 3 is 1.25 bits per heavy atom. The highest BCUT2D eigenvalue weighted by molar-refractivity contribution is 6.59. The normalized spacial score (nSPS) is 42.8. The Hall–Kier alpha value is 2.80. The molecular weight excluding hydrogens is 597 g/mol. The third-order valence-corrected chi connectivity index (χ3v) is 18.1. The minimum atomic E-state index is -1.48. The maximum atomic E-state index is 5.88. The van der Waals surface area contributed by atoms with Gasteiger partial charge in [-0.25, -0.2) is 0 Å². The quantitative estimate of drug-likeness (QED) is 0.320. The average molecular weight is 624 g/mol. The molecule has 2 aliphatic rings. The average Bonchev–Trinajstić information content (AvgIpc) is 2.69. The van der Waals surface area contributed by atoms with E-state index in [1.807, 2.05) is 0 Å². The molecule has 1 heterocycles. The Balaban J connectivity index is 0.000000292. The van der Waals surface area contributed by atoms with Crippen molar-refractivity contribution in [2.75, 3.05) is 0 Å². The topological polar surface area (TPSA) is 55.4 Å². The Morgan fingerprint density at radius 1 is 0.607 bits per heavy atom. The highest BCUT2D eigenvalue weighted by atomic mass is 35.5. The molecule has 0 bridgehead atoms. The second-order valence-electron chi connectivity index (χ2n) is 5.98. The zero-order chi connectivity index (χ0) is 20.9. The maximum Gasteiger partial charge on any atom is 0.303 e. The molecular formula is C10H26Cl6O6Si6. The van der Waals surface area contributed by atoms with Crippen LogP contribution in [-0.2, 0) is 24.7 Å². The first-order valence-electron chi connectivity index (χ1n) is 8.78. The zero-order valence-corrected chi connectivity index (χ0v) is 28.2. The van der Waals surface area contributed by atoms with Gasteiger partial charge in [0.05, 0.1) is 32.3 Å². The van der Waals surface area contributed by atoms with E-state index in [4.69, 9.17) is 94.3 Å². The second kappa shape index (κ2) is 17.3. The third kappa shape index (κ3) is 11.1. The Bertz CT molecular complexity index is 343. The molecule has 0 spiro atoms. The molecule has 0 aromatic heterocycles. The van der Waals surface area contributed by atoms with Gasteiger partial charge in [0.1, 0.15) is 0 Å². The highest BCUT2D eigenvalue weighted by Crippen LogP contribution is 2.39. The lowest BCUT2D eigenvalue weighted by Crippen LogP contribution is -2.52. The summed E-state index contributed by atoms with van der Waals surface area (Å²) in [6.07, 6.45) is 2.36. The molecule has 168 valence electrons. The van der Waals surface area contributed by atoms with Crippen LogP contribution in [0.15, 0.2) is 0 Å². The number of hydrogen-bond donors (Lipinski definition) is 0. The predicted octanol–water partition coefficient (Wildman–Crippen LogP) is -0.241. The molecule has 0 radical (unpaired) electrons. The second-order valence-corrected chi connectivity index (χ2v) is 20.8. The number of halogens is 6. The van der Waals surface area contributed by atoms with Crippen molar-refractivity contribution in [3.63, 3.8) is 0 Å². The molecule has 18 heteroatoms. The molecule has 28 heavy (non-hydrogen) atoms. The molecule has 1 saturated carbocycles. The summed E-state index contributed by atoms with van der Waals surface area (Å²) in [4.78, 5) is 0. The van der Waals surface area contributed by atoms with Gasteiger partial charge in [-0.05, 0) is 6.04 Å². The summed E-state index contributed by atoms with van der Waals surface area (Å²) in [5.41, 5.74) is 0. The summed E-state index contributed by atoms with van der Waals surface area (Å²) in [5, 5.41) is -2.62. The fourth-order valence-corrected chi connectivity index (χ4v) is 17.3. The zero-order valence-electron chi connectivity index (χ0n) is 15.4. The first-order chi connectivity index (χ1) is 13.4. The first-order valence-corrected chi connectivity index (χ1v) is 18.9. The number of hydrogen-bond acceptors (Lipinski definition) is 6. The Morgan fingerprint density at radius 2 is 0.929 bits per heavy atom. The van der Waals surface area contributed by atoms with Crippen LogP contribution >= 0.6 is 69.6 Å². The van der Waals surface area contributed by atoms with Gasteiger partial charge in [0.15, 0.2) is 0 Å². The van der Waals surface area contributed by atoms with Crippen LogP contribution in [0.1, 0.15) is 19.8 Å². The van der Waals surface area contributed by atoms with Crippen LogP contribution in [0.2, 0.25) is 6.04 Å². The van der Waals surface area contributed by atoms with Crippen LogP contribution in [0.25, 0.3) is 0 Å². The lowest BCUT2D eigenvalue weighted by molar-refractivity contribution is 0.333. The van der Waals surface area contributed by atoms with E-state index in [0.717, 1.165) is 6.04 Å². The van der Waals surface area contributed by atoms with E-state index in [1.165, 1.54) is 12.8 Å². The summed E-state index contributed by atoms with van der Waals surface area (Å²) >= 11 is 35.3. The largest absolute Gasteiger partial charge is 0.425 e. The molecule has 1 saturated heterocycles. The van der Waals surface area contributed by atoms with Crippen molar-refractivity contribution in [1.29, 1.82) is 0 Å². The molecule has 0 aromatic carbocycles. The van der Waals surface area contributed by atoms with Gasteiger partial charge >= 0.3 is 9.28 Å². The predicted molar refractivity (Wildman–Crippen MR) is 134 cm³/mol. The Labute approximate surface area is 210 Å². The van der Waals surface area contributed by atoms with Crippen LogP contribution in [0.4, 0.5) is 0 Å². The molecule has 0 N–H and O–H groups in total. The molecule has 0 unspecified atom stereocenters. The van der Waals surface area contributed by atoms with Crippen molar-refractivity contribution < 1.29 is 24.7 Å². The molecule has 0 amide bonds. The van der Waals surface area contributed by atoms with Gasteiger partial charge in [0.2, 0.25) is 0 Å². The highest BCUT2D eigenvalue weighted by Gasteiger charge is 2.46. The van der Waals surface area contributed by atoms with Gasteiger partial charge in [-0.3, -0.25) is 0 Å². The summed E-state index contributed by atoms with van der Waals surface area (Å²) < 4.78 is 33.1. The van der Waals surface area contributed by atoms with E-state index in [2.05, 4.69) is 6.92 Å². The van der Waals surface area contributed by atoms with E-state index < -0.39 is 91.6 Å². The van der Waals surface area contributed by atoms with Crippen molar-refractivity contribution in [3.8, 4) is 0 Å². The minimum Gasteiger partial charge on any atom is -0.425 e. The van der Waals surface area contributed by atoms with Crippen LogP contribution in [0.5, 0.6) is 0 Å². The van der Waals surface area contributed by atoms with Crippen molar-refractivity contribution >= 4 is 129 Å². The smallest absolute Gasteiger partial charge is 0.303 e. The molecule has 0 atom stereocenters. The summed E-state index contributed by atoms with van der Waals surface area (Å²) in [5.74, 6) is 0. The molecule has 1 aliphatic heterocycles. The van der Waals surface area contributed by atoms with Crippen LogP contribution < -0.4 is 0 Å². The van der Waals surface area contributed by atoms with Gasteiger partial charge in [0, 0.05) is 0 Å². The van der Waals surface area contributed by atoms with E-state index in [9.17, 15) is 0 Å². The van der Waals surface area contributed by atoms with Crippen LogP contribution in [0, 0.1) is 0 Å². The molecule has 6 nitrogen and oxygen atoms in total. The van der Waals surface area contributed by atoms with Gasteiger partial charge in [0.25, 0.3) is 50.0 Å². The van der Waals surface area contributed by atoms with E-state index in [1.54, 1.807) is 0 Å². The van der Waals surface area contributed by atoms with Crippen LogP contribution in [-0.4, -0.2) is 91.6 Å². The van der Waals surface area contributed by atoms with Crippen molar-refractivity contribution in [3.05, 3.63) is 0 Å². The lowest BCUT2D eigenvalue weighted by Gasteiger charge is -2.37. The monoisotopic (exact) mass is 620 g/mol. The summed E-state index contributed by atoms with van der Waals surface area (Å²) in [6, 6.07) is 1.07. The van der Waals surface area contributed by atoms with E-state index in [0.29, 0.717) is 0 Å². The van der Waals surface area contributed by atoms with Gasteiger partial charge in [-0.1, -0.05) is 19.8 Å². The summed E-state index contributed by atoms with van der Waals surface area (Å²) in [6.45, 7) is 2.18. The van der Waals surface area contributed by atoms with Crippen molar-refractivity contribution in [2.24, 2.45) is 0 Å². The van der Waals surface area contributed by atoms with E-state index in [-0.39, 0.29) is 0 Å². The van der Waals surface area contributed by atoms with Crippen LogP contribution in [0.3, 0.4) is 0 Å². The molecule has 1 aliphatic carbocycles. The fraction of sp³-hybridized carbons (Fsp3) is 1.00. The molecule has 2 rings (SSSR count). The Kier molecular flexibility index (Phi) is 17.8. The number of rotatable bonds is 3. The summed E-state index contributed by atoms with van der Waals surface area (Å²) in [7, 11) is -5.72. The third-order valence-electron chi connectivity index (χ3n) is 3.79. The van der Waals surface area contributed by atoms with Gasteiger partial charge in [-0.2, -0.15) is 0 Å². The van der Waals surface area contributed by atoms with Crippen molar-refractivity contribution in [1.82, 2.24) is 0 Å².